The Balaban J connectivity index is 1.80. The molecule has 1 aliphatic carbocycles. The van der Waals surface area contributed by atoms with Crippen molar-refractivity contribution in [3.63, 3.8) is 0 Å². The molecule has 29 heavy (non-hydrogen) atoms. The van der Waals surface area contributed by atoms with Crippen LogP contribution in [0.4, 0.5) is 0 Å². The zero-order chi connectivity index (χ0) is 20.6. The Morgan fingerprint density at radius 2 is 2.34 bits per heavy atom. The van der Waals surface area contributed by atoms with Crippen LogP contribution in [-0.2, 0) is 9.53 Å². The molecule has 2 aliphatic rings. The van der Waals surface area contributed by atoms with Gasteiger partial charge in [-0.3, -0.25) is 14.8 Å². The van der Waals surface area contributed by atoms with E-state index in [-0.39, 0.29) is 18.0 Å². The minimum Gasteiger partial charge on any atom is -0.400 e. The minimum atomic E-state index is -0.449. The summed E-state index contributed by atoms with van der Waals surface area (Å²) in [5.74, 6) is 0.00606. The van der Waals surface area contributed by atoms with Gasteiger partial charge in [0.25, 0.3) is 5.91 Å². The Kier molecular flexibility index (Phi) is 7.74. The average Bonchev–Trinajstić information content (AvgIpc) is 3.59. The molecule has 158 valence electrons. The normalized spacial score (nSPS) is 21.7. The third kappa shape index (κ3) is 5.85. The second-order valence-corrected chi connectivity index (χ2v) is 7.51. The predicted octanol–water partition coefficient (Wildman–Crippen LogP) is 0.430. The van der Waals surface area contributed by atoms with E-state index in [4.69, 9.17) is 16.2 Å². The molecule has 0 spiro atoms. The first kappa shape index (κ1) is 21.4. The standard InChI is InChI=1S/C21H32N6O2/c1-15(27(17-5-6-17)21(28)20-14-25-10-11-29-20)18(23)12-19(26-9-3-7-22)16-4-2-8-24-13-16/h2,4,8,12-13,15,17,20,25H,3,5-7,9-11,14,22-23H2,1H3/t15-,20-/m1/s1. The van der Waals surface area contributed by atoms with Crippen LogP contribution >= 0.6 is 0 Å². The Labute approximate surface area is 172 Å². The van der Waals surface area contributed by atoms with Gasteiger partial charge in [-0.2, -0.15) is 0 Å². The van der Waals surface area contributed by atoms with Gasteiger partial charge in [0.1, 0.15) is 6.10 Å². The van der Waals surface area contributed by atoms with Gasteiger partial charge < -0.3 is 26.4 Å². The van der Waals surface area contributed by atoms with Crippen molar-refractivity contribution in [2.75, 3.05) is 32.8 Å². The van der Waals surface area contributed by atoms with Crippen LogP contribution in [0.1, 0.15) is 31.7 Å². The van der Waals surface area contributed by atoms with E-state index >= 15 is 0 Å². The highest BCUT2D eigenvalue weighted by Gasteiger charge is 2.40. The number of amides is 1. The van der Waals surface area contributed by atoms with Gasteiger partial charge in [0, 0.05) is 49.3 Å². The van der Waals surface area contributed by atoms with Gasteiger partial charge in [0.2, 0.25) is 0 Å². The van der Waals surface area contributed by atoms with Crippen molar-refractivity contribution >= 4 is 11.6 Å². The summed E-state index contributed by atoms with van der Waals surface area (Å²) in [5, 5.41) is 3.23. The molecular formula is C21H32N6O2. The molecule has 2 atom stereocenters. The van der Waals surface area contributed by atoms with Crippen LogP contribution in [0.2, 0.25) is 0 Å². The number of nitrogens with one attached hydrogen (secondary N) is 1. The number of nitrogens with two attached hydrogens (primary N) is 2. The first-order valence-corrected chi connectivity index (χ1v) is 10.4. The SMILES string of the molecule is C[C@H](C(N)=CC(=NCCCN)c1cccnc1)N(C(=O)[C@H]1CNCCO1)C1CC1. The summed E-state index contributed by atoms with van der Waals surface area (Å²) in [5.41, 5.74) is 14.3. The summed E-state index contributed by atoms with van der Waals surface area (Å²) in [6.07, 6.45) is 7.71. The van der Waals surface area contributed by atoms with Crippen LogP contribution in [0.25, 0.3) is 0 Å². The van der Waals surface area contributed by atoms with Crippen molar-refractivity contribution in [3.8, 4) is 0 Å². The molecule has 0 radical (unpaired) electrons. The molecule has 0 aromatic carbocycles. The van der Waals surface area contributed by atoms with E-state index in [1.165, 1.54) is 0 Å². The number of hydrogen-bond acceptors (Lipinski definition) is 7. The first-order valence-electron chi connectivity index (χ1n) is 10.4. The predicted molar refractivity (Wildman–Crippen MR) is 114 cm³/mol. The highest BCUT2D eigenvalue weighted by Crippen LogP contribution is 2.31. The fourth-order valence-corrected chi connectivity index (χ4v) is 3.39. The number of rotatable bonds is 9. The van der Waals surface area contributed by atoms with Crippen LogP contribution in [0.3, 0.4) is 0 Å². The summed E-state index contributed by atoms with van der Waals surface area (Å²) >= 11 is 0. The Morgan fingerprint density at radius 1 is 1.52 bits per heavy atom. The van der Waals surface area contributed by atoms with Crippen molar-refractivity contribution in [2.45, 2.75) is 44.4 Å². The summed E-state index contributed by atoms with van der Waals surface area (Å²) in [4.78, 5) is 23.9. The molecule has 1 aliphatic heterocycles. The topological polar surface area (TPSA) is 119 Å². The lowest BCUT2D eigenvalue weighted by atomic mass is 10.1. The van der Waals surface area contributed by atoms with E-state index in [1.807, 2.05) is 30.0 Å². The quantitative estimate of drug-likeness (QED) is 0.409. The van der Waals surface area contributed by atoms with E-state index in [1.54, 1.807) is 12.4 Å². The zero-order valence-corrected chi connectivity index (χ0v) is 17.1. The minimum absolute atomic E-state index is 0.00606. The van der Waals surface area contributed by atoms with Gasteiger partial charge in [-0.05, 0) is 50.9 Å². The molecule has 1 saturated heterocycles. The molecule has 3 rings (SSSR count). The average molecular weight is 401 g/mol. The van der Waals surface area contributed by atoms with Crippen LogP contribution < -0.4 is 16.8 Å². The van der Waals surface area contributed by atoms with Gasteiger partial charge in [-0.15, -0.1) is 0 Å². The molecule has 8 nitrogen and oxygen atoms in total. The van der Waals surface area contributed by atoms with Crippen molar-refractivity contribution in [1.82, 2.24) is 15.2 Å². The smallest absolute Gasteiger partial charge is 0.253 e. The Morgan fingerprint density at radius 3 is 2.97 bits per heavy atom. The number of morpholine rings is 1. The second-order valence-electron chi connectivity index (χ2n) is 7.51. The fraction of sp³-hybridized carbons (Fsp3) is 0.571. The number of nitrogens with zero attached hydrogens (tertiary/aromatic N) is 3. The van der Waals surface area contributed by atoms with Crippen LogP contribution in [-0.4, -0.2) is 72.5 Å². The van der Waals surface area contributed by atoms with Gasteiger partial charge >= 0.3 is 0 Å². The lowest BCUT2D eigenvalue weighted by Crippen LogP contribution is -2.53. The highest BCUT2D eigenvalue weighted by atomic mass is 16.5. The van der Waals surface area contributed by atoms with Crippen LogP contribution in [0.15, 0.2) is 41.3 Å². The third-order valence-corrected chi connectivity index (χ3v) is 5.20. The maximum Gasteiger partial charge on any atom is 0.253 e. The van der Waals surface area contributed by atoms with E-state index in [9.17, 15) is 4.79 Å². The molecule has 1 aromatic heterocycles. The molecule has 2 heterocycles. The number of carbonyl (C=O) groups is 1. The monoisotopic (exact) mass is 400 g/mol. The van der Waals surface area contributed by atoms with Crippen LogP contribution in [0.5, 0.6) is 0 Å². The molecule has 2 fully saturated rings. The first-order chi connectivity index (χ1) is 14.1. The van der Waals surface area contributed by atoms with E-state index in [0.29, 0.717) is 31.9 Å². The summed E-state index contributed by atoms with van der Waals surface area (Å²) in [6.45, 7) is 5.04. The van der Waals surface area contributed by atoms with Gasteiger partial charge in [0.05, 0.1) is 18.4 Å². The molecule has 8 heteroatoms. The lowest BCUT2D eigenvalue weighted by Gasteiger charge is -2.34. The number of allylic oxidation sites excluding steroid dienone is 1. The Hall–Kier alpha value is -2.29. The van der Waals surface area contributed by atoms with E-state index < -0.39 is 6.10 Å². The highest BCUT2D eigenvalue weighted by molar-refractivity contribution is 6.09. The maximum absolute atomic E-state index is 13.1. The van der Waals surface area contributed by atoms with Crippen molar-refractivity contribution in [2.24, 2.45) is 16.5 Å². The van der Waals surface area contributed by atoms with Crippen molar-refractivity contribution in [3.05, 3.63) is 41.9 Å². The molecule has 1 saturated carbocycles. The molecular weight excluding hydrogens is 368 g/mol. The van der Waals surface area contributed by atoms with Crippen LogP contribution in [0, 0.1) is 0 Å². The van der Waals surface area contributed by atoms with Crippen molar-refractivity contribution < 1.29 is 9.53 Å². The third-order valence-electron chi connectivity index (χ3n) is 5.20. The zero-order valence-electron chi connectivity index (χ0n) is 17.1. The number of hydrogen-bond donors (Lipinski definition) is 3. The molecule has 0 bridgehead atoms. The van der Waals surface area contributed by atoms with Gasteiger partial charge in [0.15, 0.2) is 0 Å². The molecule has 1 aromatic rings. The lowest BCUT2D eigenvalue weighted by molar-refractivity contribution is -0.147. The number of pyridine rings is 1. The number of aliphatic imine (C=N–C) groups is 1. The number of carbonyl (C=O) groups excluding carboxylic acids is 1. The largest absolute Gasteiger partial charge is 0.400 e. The molecule has 5 N–H and O–H groups in total. The maximum atomic E-state index is 13.1. The Bertz CT molecular complexity index is 726. The van der Waals surface area contributed by atoms with Gasteiger partial charge in [-0.1, -0.05) is 0 Å². The van der Waals surface area contributed by atoms with E-state index in [2.05, 4.69) is 15.3 Å². The second kappa shape index (κ2) is 10.5. The summed E-state index contributed by atoms with van der Waals surface area (Å²) < 4.78 is 5.69. The fourth-order valence-electron chi connectivity index (χ4n) is 3.39. The van der Waals surface area contributed by atoms with E-state index in [0.717, 1.165) is 37.1 Å². The number of ether oxygens (including phenoxy) is 1. The number of aromatic nitrogens is 1. The van der Waals surface area contributed by atoms with Crippen molar-refractivity contribution in [1.29, 1.82) is 0 Å². The molecule has 1 amide bonds. The summed E-state index contributed by atoms with van der Waals surface area (Å²) in [6, 6.07) is 3.81. The molecule has 0 unspecified atom stereocenters. The summed E-state index contributed by atoms with van der Waals surface area (Å²) in [7, 11) is 0. The van der Waals surface area contributed by atoms with Gasteiger partial charge in [-0.25, -0.2) is 0 Å².